The molecule has 1 atom stereocenters. The Morgan fingerprint density at radius 3 is 2.33 bits per heavy atom. The molecule has 0 saturated carbocycles. The van der Waals surface area contributed by atoms with E-state index in [0.717, 1.165) is 18.6 Å². The number of ether oxygens (including phenoxy) is 1. The molecule has 1 unspecified atom stereocenters. The molecule has 0 spiro atoms. The molecule has 2 N–H and O–H groups in total. The third kappa shape index (κ3) is 4.51. The van der Waals surface area contributed by atoms with Gasteiger partial charge in [-0.2, -0.15) is 0 Å². The Morgan fingerprint density at radius 2 is 1.89 bits per heavy atom. The lowest BCUT2D eigenvalue weighted by Gasteiger charge is -2.23. The molecule has 0 bridgehead atoms. The third-order valence-electron chi connectivity index (χ3n) is 3.09. The molecule has 3 heteroatoms. The molecule has 0 heterocycles. The molecule has 18 heavy (non-hydrogen) atoms. The van der Waals surface area contributed by atoms with Crippen LogP contribution in [0.1, 0.15) is 45.2 Å². The van der Waals surface area contributed by atoms with Gasteiger partial charge in [0, 0.05) is 6.04 Å². The van der Waals surface area contributed by atoms with Crippen LogP contribution in [0.4, 0.5) is 0 Å². The van der Waals surface area contributed by atoms with Crippen LogP contribution >= 0.6 is 12.4 Å². The van der Waals surface area contributed by atoms with Crippen LogP contribution < -0.4 is 10.5 Å². The standard InChI is InChI=1S/C15H25NO.ClH/c1-6-12(16)9-11-7-8-14(17-5)13(10-11)15(2,3)4;/h7-8,10,12H,6,9,16H2,1-5H3;1H. The van der Waals surface area contributed by atoms with Crippen molar-refractivity contribution in [3.05, 3.63) is 29.3 Å². The Balaban J connectivity index is 0.00000289. The summed E-state index contributed by atoms with van der Waals surface area (Å²) in [5, 5.41) is 0. The second kappa shape index (κ2) is 7.01. The summed E-state index contributed by atoms with van der Waals surface area (Å²) in [5.74, 6) is 0.964. The van der Waals surface area contributed by atoms with Crippen molar-refractivity contribution in [3.63, 3.8) is 0 Å². The van der Waals surface area contributed by atoms with Gasteiger partial charge >= 0.3 is 0 Å². The number of methoxy groups -OCH3 is 1. The second-order valence-electron chi connectivity index (χ2n) is 5.66. The van der Waals surface area contributed by atoms with E-state index in [-0.39, 0.29) is 23.9 Å². The van der Waals surface area contributed by atoms with Gasteiger partial charge < -0.3 is 10.5 Å². The predicted octanol–water partition coefficient (Wildman–Crippen LogP) is 3.69. The molecule has 0 aliphatic rings. The highest BCUT2D eigenvalue weighted by Gasteiger charge is 2.19. The quantitative estimate of drug-likeness (QED) is 0.906. The van der Waals surface area contributed by atoms with Crippen LogP contribution in [0.3, 0.4) is 0 Å². The van der Waals surface area contributed by atoms with Gasteiger partial charge in [0.25, 0.3) is 0 Å². The van der Waals surface area contributed by atoms with Crippen LogP contribution in [0.5, 0.6) is 5.75 Å². The Morgan fingerprint density at radius 1 is 1.28 bits per heavy atom. The van der Waals surface area contributed by atoms with Crippen LogP contribution in [0.25, 0.3) is 0 Å². The summed E-state index contributed by atoms with van der Waals surface area (Å²) in [6, 6.07) is 6.65. The van der Waals surface area contributed by atoms with Crippen molar-refractivity contribution >= 4 is 12.4 Å². The van der Waals surface area contributed by atoms with Gasteiger partial charge in [-0.05, 0) is 35.4 Å². The summed E-state index contributed by atoms with van der Waals surface area (Å²) in [6.45, 7) is 8.73. The summed E-state index contributed by atoms with van der Waals surface area (Å²) >= 11 is 0. The van der Waals surface area contributed by atoms with Crippen molar-refractivity contribution in [1.82, 2.24) is 0 Å². The summed E-state index contributed by atoms with van der Waals surface area (Å²) < 4.78 is 5.43. The maximum Gasteiger partial charge on any atom is 0.122 e. The smallest absolute Gasteiger partial charge is 0.122 e. The summed E-state index contributed by atoms with van der Waals surface area (Å²) in [7, 11) is 1.72. The zero-order chi connectivity index (χ0) is 13.1. The van der Waals surface area contributed by atoms with Gasteiger partial charge in [0.05, 0.1) is 7.11 Å². The van der Waals surface area contributed by atoms with Crippen LogP contribution in [0.15, 0.2) is 18.2 Å². The molecular weight excluding hydrogens is 246 g/mol. The number of rotatable bonds is 4. The van der Waals surface area contributed by atoms with Crippen molar-refractivity contribution in [1.29, 1.82) is 0 Å². The molecule has 0 aromatic heterocycles. The lowest BCUT2D eigenvalue weighted by molar-refractivity contribution is 0.397. The minimum Gasteiger partial charge on any atom is -0.496 e. The zero-order valence-electron chi connectivity index (χ0n) is 12.1. The van der Waals surface area contributed by atoms with Crippen molar-refractivity contribution in [2.24, 2.45) is 5.73 Å². The first-order chi connectivity index (χ1) is 7.88. The largest absolute Gasteiger partial charge is 0.496 e. The van der Waals surface area contributed by atoms with Gasteiger partial charge in [-0.15, -0.1) is 12.4 Å². The number of halogens is 1. The molecule has 1 rings (SSSR count). The molecule has 0 radical (unpaired) electrons. The fourth-order valence-corrected chi connectivity index (χ4v) is 1.92. The first-order valence-corrected chi connectivity index (χ1v) is 6.31. The van der Waals surface area contributed by atoms with E-state index in [1.165, 1.54) is 11.1 Å². The van der Waals surface area contributed by atoms with Crippen molar-refractivity contribution < 1.29 is 4.74 Å². The van der Waals surface area contributed by atoms with Gasteiger partial charge in [-0.25, -0.2) is 0 Å². The van der Waals surface area contributed by atoms with E-state index < -0.39 is 0 Å². The number of hydrogen-bond acceptors (Lipinski definition) is 2. The molecule has 0 aliphatic heterocycles. The normalized spacial score (nSPS) is 12.8. The summed E-state index contributed by atoms with van der Waals surface area (Å²) in [6.07, 6.45) is 1.94. The van der Waals surface area contributed by atoms with Gasteiger partial charge in [-0.1, -0.05) is 39.8 Å². The van der Waals surface area contributed by atoms with Crippen LogP contribution in [-0.4, -0.2) is 13.2 Å². The lowest BCUT2D eigenvalue weighted by atomic mass is 9.84. The van der Waals surface area contributed by atoms with Crippen molar-refractivity contribution in [3.8, 4) is 5.75 Å². The van der Waals surface area contributed by atoms with Crippen molar-refractivity contribution in [2.45, 2.75) is 52.0 Å². The van der Waals surface area contributed by atoms with E-state index in [1.807, 2.05) is 0 Å². The predicted molar refractivity (Wildman–Crippen MR) is 80.9 cm³/mol. The molecule has 104 valence electrons. The van der Waals surface area contributed by atoms with E-state index in [9.17, 15) is 0 Å². The molecular formula is C15H26ClNO. The van der Waals surface area contributed by atoms with Gasteiger partial charge in [-0.3, -0.25) is 0 Å². The Bertz CT molecular complexity index is 371. The minimum atomic E-state index is 0. The van der Waals surface area contributed by atoms with E-state index >= 15 is 0 Å². The minimum absolute atomic E-state index is 0. The van der Waals surface area contributed by atoms with Crippen LogP contribution in [-0.2, 0) is 11.8 Å². The SMILES string of the molecule is CCC(N)Cc1ccc(OC)c(C(C)(C)C)c1.Cl. The topological polar surface area (TPSA) is 35.2 Å². The average Bonchev–Trinajstić information content (AvgIpc) is 2.27. The monoisotopic (exact) mass is 271 g/mol. The van der Waals surface area contributed by atoms with E-state index in [4.69, 9.17) is 10.5 Å². The second-order valence-corrected chi connectivity index (χ2v) is 5.66. The molecule has 1 aromatic carbocycles. The average molecular weight is 272 g/mol. The lowest BCUT2D eigenvalue weighted by Crippen LogP contribution is -2.22. The Kier molecular flexibility index (Phi) is 6.72. The Hall–Kier alpha value is -0.730. The van der Waals surface area contributed by atoms with Crippen LogP contribution in [0.2, 0.25) is 0 Å². The van der Waals surface area contributed by atoms with E-state index in [1.54, 1.807) is 7.11 Å². The van der Waals surface area contributed by atoms with E-state index in [2.05, 4.69) is 45.9 Å². The van der Waals surface area contributed by atoms with Gasteiger partial charge in [0.1, 0.15) is 5.75 Å². The molecule has 0 amide bonds. The third-order valence-corrected chi connectivity index (χ3v) is 3.09. The highest BCUT2D eigenvalue weighted by atomic mass is 35.5. The fraction of sp³-hybridized carbons (Fsp3) is 0.600. The molecule has 2 nitrogen and oxygen atoms in total. The summed E-state index contributed by atoms with van der Waals surface area (Å²) in [4.78, 5) is 0. The molecule has 0 aliphatic carbocycles. The van der Waals surface area contributed by atoms with Crippen LogP contribution in [0, 0.1) is 0 Å². The summed E-state index contributed by atoms with van der Waals surface area (Å²) in [5.41, 5.74) is 8.65. The maximum atomic E-state index is 6.00. The molecule has 0 fully saturated rings. The maximum absolute atomic E-state index is 6.00. The Labute approximate surface area is 117 Å². The molecule has 0 saturated heterocycles. The first kappa shape index (κ1) is 17.3. The van der Waals surface area contributed by atoms with Gasteiger partial charge in [0.2, 0.25) is 0 Å². The van der Waals surface area contributed by atoms with Crippen molar-refractivity contribution in [2.75, 3.05) is 7.11 Å². The van der Waals surface area contributed by atoms with E-state index in [0.29, 0.717) is 0 Å². The fourth-order valence-electron chi connectivity index (χ4n) is 1.92. The number of hydrogen-bond donors (Lipinski definition) is 1. The number of benzene rings is 1. The highest BCUT2D eigenvalue weighted by molar-refractivity contribution is 5.85. The molecule has 1 aromatic rings. The first-order valence-electron chi connectivity index (χ1n) is 6.31. The zero-order valence-corrected chi connectivity index (χ0v) is 12.9. The highest BCUT2D eigenvalue weighted by Crippen LogP contribution is 2.32. The van der Waals surface area contributed by atoms with Gasteiger partial charge in [0.15, 0.2) is 0 Å². The number of nitrogens with two attached hydrogens (primary N) is 1.